The maximum atomic E-state index is 12.7. The lowest BCUT2D eigenvalue weighted by Gasteiger charge is -2.25. The van der Waals surface area contributed by atoms with Gasteiger partial charge in [-0.2, -0.15) is 13.2 Å². The minimum Gasteiger partial charge on any atom is -0.481 e. The van der Waals surface area contributed by atoms with Gasteiger partial charge in [-0.25, -0.2) is 9.97 Å². The van der Waals surface area contributed by atoms with Crippen LogP contribution in [0, 0.1) is 0 Å². The summed E-state index contributed by atoms with van der Waals surface area (Å²) < 4.78 is 38.1. The van der Waals surface area contributed by atoms with Crippen LogP contribution in [0.1, 0.15) is 32.9 Å². The van der Waals surface area contributed by atoms with E-state index in [-0.39, 0.29) is 18.5 Å². The Morgan fingerprint density at radius 2 is 1.35 bits per heavy atom. The number of carboxylic acid groups (broad SMARTS) is 1. The van der Waals surface area contributed by atoms with Crippen molar-refractivity contribution in [3.63, 3.8) is 0 Å². The summed E-state index contributed by atoms with van der Waals surface area (Å²) in [7, 11) is 8.71. The molecule has 0 aliphatic heterocycles. The van der Waals surface area contributed by atoms with Gasteiger partial charge in [-0.3, -0.25) is 9.59 Å². The third-order valence-corrected chi connectivity index (χ3v) is 6.97. The summed E-state index contributed by atoms with van der Waals surface area (Å²) in [6.45, 7) is -0.569. The summed E-state index contributed by atoms with van der Waals surface area (Å²) in [4.78, 5) is 36.4. The fraction of sp³-hybridized carbons (Fsp3) is 0.438. The number of amides is 1. The van der Waals surface area contributed by atoms with Gasteiger partial charge >= 0.3 is 12.1 Å². The number of nitrogens with one attached hydrogen (secondary N) is 2. The number of hydrogen-bond donors (Lipinski definition) is 8. The molecule has 4 atom stereocenters. The van der Waals surface area contributed by atoms with Crippen molar-refractivity contribution in [2.75, 3.05) is 63.5 Å². The van der Waals surface area contributed by atoms with E-state index in [1.807, 2.05) is 0 Å². The van der Waals surface area contributed by atoms with E-state index in [0.717, 1.165) is 29.8 Å². The van der Waals surface area contributed by atoms with Gasteiger partial charge in [0, 0.05) is 58.0 Å². The molecule has 270 valence electrons. The lowest BCUT2D eigenvalue weighted by Crippen LogP contribution is -2.48. The maximum absolute atomic E-state index is 12.7. The average Bonchev–Trinajstić information content (AvgIpc) is 3.04. The van der Waals surface area contributed by atoms with Crippen LogP contribution in [-0.2, 0) is 23.8 Å². The topological polar surface area (TPSA) is 212 Å². The SMILES string of the molecule is CN(C)c1nc(Cc2ccc(NC(=O)c3ccc(C(F)(F)F)cc3)cc2)nc(N(C)C)c1CC(=O)O.CNC[C@H](O)[C@@H](O)[C@H](O)[C@H](O)CO. The first-order valence-electron chi connectivity index (χ1n) is 14.9. The number of aliphatic hydroxyl groups is 5. The van der Waals surface area contributed by atoms with Gasteiger partial charge in [-0.15, -0.1) is 0 Å². The number of benzene rings is 2. The number of alkyl halides is 3. The van der Waals surface area contributed by atoms with Gasteiger partial charge in [0.1, 0.15) is 35.8 Å². The van der Waals surface area contributed by atoms with Crippen molar-refractivity contribution in [3.8, 4) is 0 Å². The molecule has 14 nitrogen and oxygen atoms in total. The third kappa shape index (κ3) is 12.2. The van der Waals surface area contributed by atoms with E-state index >= 15 is 0 Å². The molecule has 1 aromatic heterocycles. The molecule has 2 aromatic carbocycles. The molecule has 0 fully saturated rings. The van der Waals surface area contributed by atoms with Crippen molar-refractivity contribution in [2.24, 2.45) is 0 Å². The number of nitrogens with zero attached hydrogens (tertiary/aromatic N) is 4. The quantitative estimate of drug-likeness (QED) is 0.117. The minimum atomic E-state index is -4.47. The third-order valence-electron chi connectivity index (χ3n) is 6.97. The smallest absolute Gasteiger partial charge is 0.416 e. The van der Waals surface area contributed by atoms with Crippen LogP contribution in [0.2, 0.25) is 0 Å². The lowest BCUT2D eigenvalue weighted by atomic mass is 10.0. The van der Waals surface area contributed by atoms with E-state index in [0.29, 0.717) is 35.1 Å². The summed E-state index contributed by atoms with van der Waals surface area (Å²) >= 11 is 0. The van der Waals surface area contributed by atoms with E-state index in [2.05, 4.69) is 20.6 Å². The summed E-state index contributed by atoms with van der Waals surface area (Å²) in [5.74, 6) is 0.0303. The first kappa shape index (κ1) is 40.8. The molecule has 0 aliphatic carbocycles. The highest BCUT2D eigenvalue weighted by Crippen LogP contribution is 2.29. The number of rotatable bonds is 14. The number of aromatic nitrogens is 2. The van der Waals surface area contributed by atoms with Gasteiger partial charge in [0.25, 0.3) is 5.91 Å². The van der Waals surface area contributed by atoms with E-state index in [9.17, 15) is 33.0 Å². The van der Waals surface area contributed by atoms with Crippen LogP contribution in [0.25, 0.3) is 0 Å². The average molecular weight is 697 g/mol. The van der Waals surface area contributed by atoms with Crippen LogP contribution in [0.5, 0.6) is 0 Å². The van der Waals surface area contributed by atoms with Crippen LogP contribution in [0.15, 0.2) is 48.5 Å². The van der Waals surface area contributed by atoms with E-state index in [1.165, 1.54) is 0 Å². The highest BCUT2D eigenvalue weighted by Gasteiger charge is 2.31. The molecular weight excluding hydrogens is 653 g/mol. The van der Waals surface area contributed by atoms with Gasteiger partial charge in [0.05, 0.1) is 24.7 Å². The molecule has 17 heteroatoms. The molecule has 0 aliphatic rings. The van der Waals surface area contributed by atoms with E-state index in [4.69, 9.17) is 20.4 Å². The molecule has 8 N–H and O–H groups in total. The number of hydrogen-bond acceptors (Lipinski definition) is 12. The summed E-state index contributed by atoms with van der Waals surface area (Å²) in [5.41, 5.74) is 1.13. The maximum Gasteiger partial charge on any atom is 0.416 e. The fourth-order valence-electron chi connectivity index (χ4n) is 4.43. The molecular formula is C32H43F3N6O8. The van der Waals surface area contributed by atoms with Gasteiger partial charge < -0.3 is 51.1 Å². The molecule has 1 heterocycles. The number of halogens is 3. The zero-order valence-electron chi connectivity index (χ0n) is 27.7. The Morgan fingerprint density at radius 1 is 0.837 bits per heavy atom. The summed E-state index contributed by atoms with van der Waals surface area (Å²) in [6.07, 6.45) is -9.96. The Bertz CT molecular complexity index is 1480. The first-order chi connectivity index (χ1) is 22.9. The Kier molecular flexibility index (Phi) is 15.3. The standard InChI is InChI=1S/C25H26F3N5O3.C7H17NO5/c1-32(2)22-19(14-21(34)35)23(33(3)4)31-20(30-22)13-15-5-11-18(12-6-15)29-24(36)16-7-9-17(10-8-16)25(26,27)28;1-8-2-4(10)6(12)7(13)5(11)3-9/h5-12H,13-14H2,1-4H3,(H,29,36)(H,34,35);4-13H,2-3H2,1H3/t;4-,5+,6+,7+/m.0/s1. The number of carboxylic acids is 1. The van der Waals surface area contributed by atoms with Crippen LogP contribution in [0.3, 0.4) is 0 Å². The molecule has 0 radical (unpaired) electrons. The van der Waals surface area contributed by atoms with Crippen LogP contribution in [-0.4, -0.2) is 125 Å². The summed E-state index contributed by atoms with van der Waals surface area (Å²) in [5, 5.41) is 59.5. The number of aliphatic carboxylic acids is 1. The zero-order valence-corrected chi connectivity index (χ0v) is 27.7. The van der Waals surface area contributed by atoms with Crippen molar-refractivity contribution in [1.82, 2.24) is 15.3 Å². The first-order valence-corrected chi connectivity index (χ1v) is 14.9. The Labute approximate surface area is 281 Å². The van der Waals surface area contributed by atoms with Crippen LogP contribution >= 0.6 is 0 Å². The monoisotopic (exact) mass is 696 g/mol. The second-order valence-electron chi connectivity index (χ2n) is 11.4. The number of likely N-dealkylation sites (N-methyl/N-ethyl adjacent to an activating group) is 1. The van der Waals surface area contributed by atoms with Crippen molar-refractivity contribution in [1.29, 1.82) is 0 Å². The molecule has 0 saturated carbocycles. The van der Waals surface area contributed by atoms with Gasteiger partial charge in [0.2, 0.25) is 0 Å². The molecule has 1 amide bonds. The highest BCUT2D eigenvalue weighted by atomic mass is 19.4. The predicted octanol–water partition coefficient (Wildman–Crippen LogP) is 0.739. The lowest BCUT2D eigenvalue weighted by molar-refractivity contribution is -0.138. The van der Waals surface area contributed by atoms with Crippen LogP contribution in [0.4, 0.5) is 30.5 Å². The van der Waals surface area contributed by atoms with Crippen molar-refractivity contribution < 1.29 is 53.4 Å². The number of aliphatic hydroxyl groups excluding tert-OH is 5. The minimum absolute atomic E-state index is 0.0936. The molecule has 0 bridgehead atoms. The fourth-order valence-corrected chi connectivity index (χ4v) is 4.43. The predicted molar refractivity (Wildman–Crippen MR) is 176 cm³/mol. The highest BCUT2D eigenvalue weighted by molar-refractivity contribution is 6.04. The molecule has 3 rings (SSSR count). The molecule has 0 unspecified atom stereocenters. The van der Waals surface area contributed by atoms with Gasteiger partial charge in [-0.1, -0.05) is 12.1 Å². The van der Waals surface area contributed by atoms with Gasteiger partial charge in [0.15, 0.2) is 0 Å². The van der Waals surface area contributed by atoms with Crippen molar-refractivity contribution in [2.45, 2.75) is 43.4 Å². The van der Waals surface area contributed by atoms with E-state index < -0.39 is 54.6 Å². The number of carbonyl (C=O) groups is 2. The zero-order chi connectivity index (χ0) is 37.1. The van der Waals surface area contributed by atoms with Crippen LogP contribution < -0.4 is 20.4 Å². The normalized spacial score (nSPS) is 13.7. The Balaban J connectivity index is 0.000000543. The second-order valence-corrected chi connectivity index (χ2v) is 11.4. The largest absolute Gasteiger partial charge is 0.481 e. The number of carbonyl (C=O) groups excluding carboxylic acids is 1. The van der Waals surface area contributed by atoms with Crippen molar-refractivity contribution >= 4 is 29.2 Å². The molecule has 49 heavy (non-hydrogen) atoms. The molecule has 0 saturated heterocycles. The second kappa shape index (κ2) is 18.4. The number of anilines is 3. The molecule has 3 aromatic rings. The van der Waals surface area contributed by atoms with E-state index in [1.54, 1.807) is 69.3 Å². The molecule has 0 spiro atoms. The Morgan fingerprint density at radius 3 is 1.78 bits per heavy atom. The van der Waals surface area contributed by atoms with Crippen molar-refractivity contribution in [3.05, 3.63) is 76.6 Å². The Hall–Kier alpha value is -4.39. The van der Waals surface area contributed by atoms with Gasteiger partial charge in [-0.05, 0) is 49.0 Å². The summed E-state index contributed by atoms with van der Waals surface area (Å²) in [6, 6.07) is 10.9.